The Morgan fingerprint density at radius 2 is 2.31 bits per heavy atom. The van der Waals surface area contributed by atoms with Crippen molar-refractivity contribution in [3.8, 4) is 0 Å². The fourth-order valence-electron chi connectivity index (χ4n) is 0.875. The van der Waals surface area contributed by atoms with Crippen LogP contribution in [0.15, 0.2) is 4.42 Å². The van der Waals surface area contributed by atoms with Crippen molar-refractivity contribution in [3.05, 3.63) is 11.8 Å². The van der Waals surface area contributed by atoms with Crippen molar-refractivity contribution in [1.29, 1.82) is 0 Å². The van der Waals surface area contributed by atoms with E-state index in [9.17, 15) is 0 Å². The molecule has 0 fully saturated rings. The molecular weight excluding hydrogens is 170 g/mol. The molecule has 74 valence electrons. The molecule has 0 saturated carbocycles. The topological polar surface area (TPSA) is 60.2 Å². The highest BCUT2D eigenvalue weighted by Gasteiger charge is 2.02. The van der Waals surface area contributed by atoms with Gasteiger partial charge in [-0.3, -0.25) is 0 Å². The van der Waals surface area contributed by atoms with Crippen LogP contribution in [0.2, 0.25) is 0 Å². The lowest BCUT2D eigenvalue weighted by Crippen LogP contribution is -2.25. The first-order valence-electron chi connectivity index (χ1n) is 4.25. The van der Waals surface area contributed by atoms with Crippen LogP contribution in [0.5, 0.6) is 0 Å². The Labute approximate surface area is 77.5 Å². The van der Waals surface area contributed by atoms with E-state index in [2.05, 4.69) is 15.5 Å². The monoisotopic (exact) mass is 185 g/mol. The molecule has 1 heterocycles. The van der Waals surface area contributed by atoms with Gasteiger partial charge in [-0.2, -0.15) is 0 Å². The van der Waals surface area contributed by atoms with Gasteiger partial charge in [-0.15, -0.1) is 10.2 Å². The molecule has 0 amide bonds. The van der Waals surface area contributed by atoms with Crippen LogP contribution in [0.25, 0.3) is 0 Å². The highest BCUT2D eigenvalue weighted by molar-refractivity contribution is 4.77. The number of aryl methyl sites for hydroxylation is 1. The van der Waals surface area contributed by atoms with Crippen LogP contribution in [0, 0.1) is 6.92 Å². The van der Waals surface area contributed by atoms with Crippen molar-refractivity contribution in [3.63, 3.8) is 0 Å². The first kappa shape index (κ1) is 10.1. The maximum atomic E-state index is 5.17. The second kappa shape index (κ2) is 4.94. The zero-order valence-electron chi connectivity index (χ0n) is 8.20. The Morgan fingerprint density at radius 1 is 1.54 bits per heavy atom. The molecule has 5 nitrogen and oxygen atoms in total. The van der Waals surface area contributed by atoms with Crippen molar-refractivity contribution in [2.24, 2.45) is 0 Å². The van der Waals surface area contributed by atoms with Gasteiger partial charge in [0.15, 0.2) is 0 Å². The Hall–Kier alpha value is -0.940. The van der Waals surface area contributed by atoms with E-state index >= 15 is 0 Å². The van der Waals surface area contributed by atoms with Crippen LogP contribution >= 0.6 is 0 Å². The average molecular weight is 185 g/mol. The lowest BCUT2D eigenvalue weighted by Gasteiger charge is -2.08. The molecule has 1 N–H and O–H groups in total. The van der Waals surface area contributed by atoms with Crippen LogP contribution < -0.4 is 5.32 Å². The highest BCUT2D eigenvalue weighted by Crippen LogP contribution is 1.96. The highest BCUT2D eigenvalue weighted by atomic mass is 16.5. The summed E-state index contributed by atoms with van der Waals surface area (Å²) in [6.45, 7) is 5.13. The minimum Gasteiger partial charge on any atom is -0.424 e. The van der Waals surface area contributed by atoms with Gasteiger partial charge in [0.1, 0.15) is 0 Å². The summed E-state index contributed by atoms with van der Waals surface area (Å²) in [5, 5.41) is 10.7. The van der Waals surface area contributed by atoms with Gasteiger partial charge in [0.05, 0.1) is 12.6 Å². The second-order valence-electron chi connectivity index (χ2n) is 2.89. The SMILES string of the molecule is COC(C)CNCc1nnc(C)o1. The average Bonchev–Trinajstić information content (AvgIpc) is 2.51. The normalized spacial score (nSPS) is 13.2. The Bertz CT molecular complexity index is 249. The van der Waals surface area contributed by atoms with E-state index in [0.29, 0.717) is 18.3 Å². The molecule has 0 aromatic carbocycles. The Kier molecular flexibility index (Phi) is 3.85. The number of nitrogens with one attached hydrogen (secondary N) is 1. The summed E-state index contributed by atoms with van der Waals surface area (Å²) in [6, 6.07) is 0. The van der Waals surface area contributed by atoms with E-state index in [0.717, 1.165) is 6.54 Å². The van der Waals surface area contributed by atoms with Crippen LogP contribution in [0.3, 0.4) is 0 Å². The van der Waals surface area contributed by atoms with Crippen molar-refractivity contribution in [2.45, 2.75) is 26.5 Å². The summed E-state index contributed by atoms with van der Waals surface area (Å²) >= 11 is 0. The fraction of sp³-hybridized carbons (Fsp3) is 0.750. The lowest BCUT2D eigenvalue weighted by atomic mass is 10.4. The zero-order chi connectivity index (χ0) is 9.68. The Balaban J connectivity index is 2.20. The summed E-state index contributed by atoms with van der Waals surface area (Å²) in [7, 11) is 1.68. The number of hydrogen-bond donors (Lipinski definition) is 1. The minimum atomic E-state index is 0.198. The molecule has 0 spiro atoms. The number of rotatable bonds is 5. The van der Waals surface area contributed by atoms with Gasteiger partial charge in [0.2, 0.25) is 11.8 Å². The van der Waals surface area contributed by atoms with Crippen molar-refractivity contribution in [1.82, 2.24) is 15.5 Å². The van der Waals surface area contributed by atoms with Gasteiger partial charge in [-0.25, -0.2) is 0 Å². The molecule has 0 aliphatic carbocycles. The molecule has 1 aromatic heterocycles. The molecule has 5 heteroatoms. The largest absolute Gasteiger partial charge is 0.424 e. The Morgan fingerprint density at radius 3 is 2.85 bits per heavy atom. The van der Waals surface area contributed by atoms with Gasteiger partial charge in [0, 0.05) is 20.6 Å². The van der Waals surface area contributed by atoms with Crippen LogP contribution in [-0.2, 0) is 11.3 Å². The second-order valence-corrected chi connectivity index (χ2v) is 2.89. The predicted molar refractivity (Wildman–Crippen MR) is 47.2 cm³/mol. The zero-order valence-corrected chi connectivity index (χ0v) is 8.20. The molecule has 1 atom stereocenters. The van der Waals surface area contributed by atoms with Crippen LogP contribution in [0.4, 0.5) is 0 Å². The molecule has 0 saturated heterocycles. The maximum absolute atomic E-state index is 5.17. The van der Waals surface area contributed by atoms with Gasteiger partial charge >= 0.3 is 0 Å². The number of hydrogen-bond acceptors (Lipinski definition) is 5. The predicted octanol–water partition coefficient (Wildman–Crippen LogP) is 0.503. The van der Waals surface area contributed by atoms with Crippen molar-refractivity contribution in [2.75, 3.05) is 13.7 Å². The molecule has 13 heavy (non-hydrogen) atoms. The van der Waals surface area contributed by atoms with E-state index in [4.69, 9.17) is 9.15 Å². The fourth-order valence-corrected chi connectivity index (χ4v) is 0.875. The number of methoxy groups -OCH3 is 1. The molecule has 1 rings (SSSR count). The summed E-state index contributed by atoms with van der Waals surface area (Å²) in [4.78, 5) is 0. The van der Waals surface area contributed by atoms with Crippen LogP contribution in [0.1, 0.15) is 18.7 Å². The number of nitrogens with zero attached hydrogens (tertiary/aromatic N) is 2. The smallest absolute Gasteiger partial charge is 0.230 e. The number of ether oxygens (including phenoxy) is 1. The first-order chi connectivity index (χ1) is 6.22. The molecule has 0 radical (unpaired) electrons. The number of aromatic nitrogens is 2. The quantitative estimate of drug-likeness (QED) is 0.724. The van der Waals surface area contributed by atoms with E-state index < -0.39 is 0 Å². The summed E-state index contributed by atoms with van der Waals surface area (Å²) < 4.78 is 10.2. The van der Waals surface area contributed by atoms with Gasteiger partial charge in [0.25, 0.3) is 0 Å². The van der Waals surface area contributed by atoms with Gasteiger partial charge in [-0.1, -0.05) is 0 Å². The van der Waals surface area contributed by atoms with Gasteiger partial charge < -0.3 is 14.5 Å². The molecule has 0 aliphatic rings. The molecule has 1 aromatic rings. The van der Waals surface area contributed by atoms with E-state index in [1.807, 2.05) is 6.92 Å². The third kappa shape index (κ3) is 3.52. The maximum Gasteiger partial charge on any atom is 0.230 e. The standard InChI is InChI=1S/C8H15N3O2/c1-6(12-3)4-9-5-8-11-10-7(2)13-8/h6,9H,4-5H2,1-3H3. The molecular formula is C8H15N3O2. The molecule has 0 bridgehead atoms. The first-order valence-corrected chi connectivity index (χ1v) is 4.25. The van der Waals surface area contributed by atoms with Crippen LogP contribution in [-0.4, -0.2) is 30.0 Å². The summed E-state index contributed by atoms with van der Waals surface area (Å²) in [6.07, 6.45) is 0.198. The van der Waals surface area contributed by atoms with E-state index in [-0.39, 0.29) is 6.10 Å². The lowest BCUT2D eigenvalue weighted by molar-refractivity contribution is 0.116. The van der Waals surface area contributed by atoms with Crippen molar-refractivity contribution >= 4 is 0 Å². The minimum absolute atomic E-state index is 0.198. The third-order valence-corrected chi connectivity index (χ3v) is 1.68. The van der Waals surface area contributed by atoms with Gasteiger partial charge in [-0.05, 0) is 6.92 Å². The third-order valence-electron chi connectivity index (χ3n) is 1.68. The molecule has 0 aliphatic heterocycles. The van der Waals surface area contributed by atoms with Crippen molar-refractivity contribution < 1.29 is 9.15 Å². The van der Waals surface area contributed by atoms with E-state index in [1.165, 1.54) is 0 Å². The van der Waals surface area contributed by atoms with E-state index in [1.54, 1.807) is 14.0 Å². The summed E-state index contributed by atoms with van der Waals surface area (Å²) in [5.41, 5.74) is 0. The summed E-state index contributed by atoms with van der Waals surface area (Å²) in [5.74, 6) is 1.21. The molecule has 1 unspecified atom stereocenters.